The summed E-state index contributed by atoms with van der Waals surface area (Å²) in [7, 11) is 0. The molecule has 1 fully saturated rings. The van der Waals surface area contributed by atoms with Gasteiger partial charge in [-0.15, -0.1) is 0 Å². The van der Waals surface area contributed by atoms with Crippen LogP contribution in [0.4, 0.5) is 0 Å². The van der Waals surface area contributed by atoms with Crippen molar-refractivity contribution in [3.8, 4) is 0 Å². The number of rotatable bonds is 4. The molecule has 0 aromatic carbocycles. The van der Waals surface area contributed by atoms with Crippen LogP contribution in [-0.4, -0.2) is 29.4 Å². The first kappa shape index (κ1) is 12.5. The van der Waals surface area contributed by atoms with Gasteiger partial charge in [0.25, 0.3) is 5.91 Å². The SMILES string of the molecule is CCC(C(=O)NN)N1CCCC1C(C)C. The van der Waals surface area contributed by atoms with Gasteiger partial charge < -0.3 is 0 Å². The van der Waals surface area contributed by atoms with Crippen molar-refractivity contribution >= 4 is 5.91 Å². The van der Waals surface area contributed by atoms with Crippen LogP contribution in [0.1, 0.15) is 40.0 Å². The van der Waals surface area contributed by atoms with E-state index in [2.05, 4.69) is 24.2 Å². The van der Waals surface area contributed by atoms with Crippen LogP contribution < -0.4 is 11.3 Å². The van der Waals surface area contributed by atoms with Crippen molar-refractivity contribution in [2.24, 2.45) is 11.8 Å². The molecule has 15 heavy (non-hydrogen) atoms. The zero-order valence-corrected chi connectivity index (χ0v) is 9.99. The van der Waals surface area contributed by atoms with E-state index in [-0.39, 0.29) is 11.9 Å². The fraction of sp³-hybridized carbons (Fsp3) is 0.909. The highest BCUT2D eigenvalue weighted by Crippen LogP contribution is 2.26. The van der Waals surface area contributed by atoms with Gasteiger partial charge in [-0.1, -0.05) is 20.8 Å². The summed E-state index contributed by atoms with van der Waals surface area (Å²) in [6.07, 6.45) is 3.22. The molecule has 0 aromatic rings. The summed E-state index contributed by atoms with van der Waals surface area (Å²) < 4.78 is 0. The maximum absolute atomic E-state index is 11.6. The van der Waals surface area contributed by atoms with Crippen molar-refractivity contribution in [1.82, 2.24) is 10.3 Å². The zero-order chi connectivity index (χ0) is 11.4. The highest BCUT2D eigenvalue weighted by atomic mass is 16.2. The molecule has 1 rings (SSSR count). The molecule has 1 amide bonds. The minimum atomic E-state index is -0.0510. The number of hydrogen-bond donors (Lipinski definition) is 2. The Bertz CT molecular complexity index is 218. The average molecular weight is 213 g/mol. The van der Waals surface area contributed by atoms with E-state index in [4.69, 9.17) is 5.84 Å². The van der Waals surface area contributed by atoms with Gasteiger partial charge in [-0.2, -0.15) is 0 Å². The molecular formula is C11H23N3O. The molecule has 1 saturated heterocycles. The van der Waals surface area contributed by atoms with Crippen molar-refractivity contribution in [1.29, 1.82) is 0 Å². The Morgan fingerprint density at radius 2 is 2.27 bits per heavy atom. The molecule has 88 valence electrons. The lowest BCUT2D eigenvalue weighted by Gasteiger charge is -2.33. The predicted octanol–water partition coefficient (Wildman–Crippen LogP) is 0.875. The van der Waals surface area contributed by atoms with Gasteiger partial charge in [0.2, 0.25) is 0 Å². The molecule has 0 aliphatic carbocycles. The summed E-state index contributed by atoms with van der Waals surface area (Å²) in [5, 5.41) is 0. The van der Waals surface area contributed by atoms with E-state index < -0.39 is 0 Å². The van der Waals surface area contributed by atoms with Gasteiger partial charge in [0, 0.05) is 6.04 Å². The van der Waals surface area contributed by atoms with Gasteiger partial charge >= 0.3 is 0 Å². The summed E-state index contributed by atoms with van der Waals surface area (Å²) in [5.41, 5.74) is 2.27. The van der Waals surface area contributed by atoms with Crippen molar-refractivity contribution < 1.29 is 4.79 Å². The molecule has 0 spiro atoms. The van der Waals surface area contributed by atoms with E-state index >= 15 is 0 Å². The highest BCUT2D eigenvalue weighted by molar-refractivity contribution is 5.81. The van der Waals surface area contributed by atoms with Gasteiger partial charge in [-0.25, -0.2) is 5.84 Å². The first-order valence-corrected chi connectivity index (χ1v) is 5.88. The normalized spacial score (nSPS) is 24.5. The lowest BCUT2D eigenvalue weighted by molar-refractivity contribution is -0.127. The quantitative estimate of drug-likeness (QED) is 0.414. The van der Waals surface area contributed by atoms with Gasteiger partial charge in [0.15, 0.2) is 0 Å². The third kappa shape index (κ3) is 2.69. The summed E-state index contributed by atoms with van der Waals surface area (Å²) in [5.74, 6) is 5.76. The molecule has 0 bridgehead atoms. The van der Waals surface area contributed by atoms with Gasteiger partial charge in [0.05, 0.1) is 6.04 Å². The highest BCUT2D eigenvalue weighted by Gasteiger charge is 2.34. The number of likely N-dealkylation sites (tertiary alicyclic amines) is 1. The van der Waals surface area contributed by atoms with Crippen LogP contribution >= 0.6 is 0 Å². The number of amides is 1. The number of nitrogens with zero attached hydrogens (tertiary/aromatic N) is 1. The van der Waals surface area contributed by atoms with E-state index in [1.54, 1.807) is 0 Å². The van der Waals surface area contributed by atoms with Crippen LogP contribution in [-0.2, 0) is 4.79 Å². The van der Waals surface area contributed by atoms with Gasteiger partial charge in [0.1, 0.15) is 0 Å². The Morgan fingerprint density at radius 1 is 1.60 bits per heavy atom. The van der Waals surface area contributed by atoms with E-state index in [0.29, 0.717) is 12.0 Å². The van der Waals surface area contributed by atoms with Crippen LogP contribution in [0, 0.1) is 5.92 Å². The Kier molecular flexibility index (Phi) is 4.54. The van der Waals surface area contributed by atoms with Crippen LogP contribution in [0.5, 0.6) is 0 Å². The lowest BCUT2D eigenvalue weighted by Crippen LogP contribution is -2.51. The molecule has 0 aromatic heterocycles. The number of hydrazine groups is 1. The Labute approximate surface area is 92.2 Å². The molecule has 1 heterocycles. The minimum Gasteiger partial charge on any atom is -0.293 e. The molecule has 2 atom stereocenters. The van der Waals surface area contributed by atoms with E-state index in [9.17, 15) is 4.79 Å². The van der Waals surface area contributed by atoms with Crippen molar-refractivity contribution in [3.63, 3.8) is 0 Å². The fourth-order valence-corrected chi connectivity index (χ4v) is 2.58. The van der Waals surface area contributed by atoms with Crippen molar-refractivity contribution in [2.75, 3.05) is 6.54 Å². The first-order chi connectivity index (χ1) is 7.11. The predicted molar refractivity (Wildman–Crippen MR) is 61.0 cm³/mol. The first-order valence-electron chi connectivity index (χ1n) is 5.88. The van der Waals surface area contributed by atoms with Crippen molar-refractivity contribution in [3.05, 3.63) is 0 Å². The number of nitrogens with two attached hydrogens (primary N) is 1. The second kappa shape index (κ2) is 5.47. The van der Waals surface area contributed by atoms with Crippen LogP contribution in [0.2, 0.25) is 0 Å². The largest absolute Gasteiger partial charge is 0.293 e. The molecule has 0 radical (unpaired) electrons. The number of nitrogens with one attached hydrogen (secondary N) is 1. The van der Waals surface area contributed by atoms with E-state index in [1.165, 1.54) is 12.8 Å². The molecule has 3 N–H and O–H groups in total. The number of carbonyl (C=O) groups is 1. The number of carbonyl (C=O) groups excluding carboxylic acids is 1. The maximum Gasteiger partial charge on any atom is 0.251 e. The Hall–Kier alpha value is -0.610. The van der Waals surface area contributed by atoms with Crippen LogP contribution in [0.15, 0.2) is 0 Å². The summed E-state index contributed by atoms with van der Waals surface area (Å²) in [6, 6.07) is 0.483. The van der Waals surface area contributed by atoms with Gasteiger partial charge in [-0.05, 0) is 31.7 Å². The standard InChI is InChI=1S/C11H23N3O/c1-4-9(11(15)13-12)14-7-5-6-10(14)8(2)3/h8-10H,4-7,12H2,1-3H3,(H,13,15). The zero-order valence-electron chi connectivity index (χ0n) is 9.99. The van der Waals surface area contributed by atoms with Crippen molar-refractivity contribution in [2.45, 2.75) is 52.1 Å². The topological polar surface area (TPSA) is 58.4 Å². The second-order valence-corrected chi connectivity index (χ2v) is 4.62. The summed E-state index contributed by atoms with van der Waals surface area (Å²) >= 11 is 0. The third-order valence-electron chi connectivity index (χ3n) is 3.34. The monoisotopic (exact) mass is 213 g/mol. The molecule has 4 nitrogen and oxygen atoms in total. The lowest BCUT2D eigenvalue weighted by atomic mass is 10.00. The molecule has 1 aliphatic heterocycles. The Morgan fingerprint density at radius 3 is 2.73 bits per heavy atom. The van der Waals surface area contributed by atoms with Gasteiger partial charge in [-0.3, -0.25) is 15.1 Å². The fourth-order valence-electron chi connectivity index (χ4n) is 2.58. The smallest absolute Gasteiger partial charge is 0.251 e. The minimum absolute atomic E-state index is 0.0509. The summed E-state index contributed by atoms with van der Waals surface area (Å²) in [6.45, 7) is 7.50. The average Bonchev–Trinajstić information content (AvgIpc) is 2.67. The Balaban J connectivity index is 2.70. The van der Waals surface area contributed by atoms with E-state index in [0.717, 1.165) is 13.0 Å². The number of hydrogen-bond acceptors (Lipinski definition) is 3. The molecule has 2 unspecified atom stereocenters. The summed E-state index contributed by atoms with van der Waals surface area (Å²) in [4.78, 5) is 13.9. The van der Waals surface area contributed by atoms with Crippen LogP contribution in [0.3, 0.4) is 0 Å². The maximum atomic E-state index is 11.6. The van der Waals surface area contributed by atoms with Crippen LogP contribution in [0.25, 0.3) is 0 Å². The molecule has 0 saturated carbocycles. The molecule has 1 aliphatic rings. The third-order valence-corrected chi connectivity index (χ3v) is 3.34. The molecular weight excluding hydrogens is 190 g/mol. The second-order valence-electron chi connectivity index (χ2n) is 4.62. The van der Waals surface area contributed by atoms with E-state index in [1.807, 2.05) is 6.92 Å². The molecule has 4 heteroatoms.